The number of rotatable bonds is 8. The van der Waals surface area contributed by atoms with Crippen molar-refractivity contribution in [2.24, 2.45) is 0 Å². The van der Waals surface area contributed by atoms with Gasteiger partial charge in [0.2, 0.25) is 0 Å². The first-order valence-corrected chi connectivity index (χ1v) is 7.48. The van der Waals surface area contributed by atoms with Crippen LogP contribution in [-0.2, 0) is 20.9 Å². The van der Waals surface area contributed by atoms with E-state index < -0.39 is 6.72 Å². The van der Waals surface area contributed by atoms with Crippen LogP contribution in [0.5, 0.6) is 0 Å². The summed E-state index contributed by atoms with van der Waals surface area (Å²) in [5.74, 6) is 0.927. The van der Waals surface area contributed by atoms with Gasteiger partial charge in [-0.05, 0) is 30.4 Å². The first kappa shape index (κ1) is 13.9. The minimum Gasteiger partial charge on any atom is -0.324 e. The SMILES string of the molecule is COP(O)(=S)OCCCCCCS. The van der Waals surface area contributed by atoms with Gasteiger partial charge in [0, 0.05) is 7.11 Å². The lowest BCUT2D eigenvalue weighted by molar-refractivity contribution is 0.221. The summed E-state index contributed by atoms with van der Waals surface area (Å²) in [6, 6.07) is 0. The maximum atomic E-state index is 9.20. The van der Waals surface area contributed by atoms with Gasteiger partial charge in [0.15, 0.2) is 0 Å². The molecule has 0 radical (unpaired) electrons. The van der Waals surface area contributed by atoms with Gasteiger partial charge in [-0.25, -0.2) is 0 Å². The van der Waals surface area contributed by atoms with Crippen molar-refractivity contribution >= 4 is 31.2 Å². The van der Waals surface area contributed by atoms with E-state index in [9.17, 15) is 4.89 Å². The lowest BCUT2D eigenvalue weighted by Crippen LogP contribution is -1.94. The van der Waals surface area contributed by atoms with E-state index in [2.05, 4.69) is 29.0 Å². The minimum absolute atomic E-state index is 0.480. The number of hydrogen-bond donors (Lipinski definition) is 2. The van der Waals surface area contributed by atoms with E-state index in [1.165, 1.54) is 7.11 Å². The van der Waals surface area contributed by atoms with Crippen molar-refractivity contribution < 1.29 is 13.9 Å². The van der Waals surface area contributed by atoms with E-state index in [4.69, 9.17) is 4.52 Å². The molecule has 0 amide bonds. The van der Waals surface area contributed by atoms with E-state index in [1.54, 1.807) is 0 Å². The van der Waals surface area contributed by atoms with Crippen molar-refractivity contribution in [2.75, 3.05) is 19.5 Å². The molecule has 0 rings (SSSR count). The average Bonchev–Trinajstić information content (AvgIpc) is 2.11. The molecule has 0 aromatic rings. The van der Waals surface area contributed by atoms with Crippen LogP contribution in [0.3, 0.4) is 0 Å². The molecule has 0 aliphatic rings. The molecule has 0 aliphatic heterocycles. The third kappa shape index (κ3) is 9.19. The molecular formula is C7H17O3PS2. The van der Waals surface area contributed by atoms with E-state index in [0.717, 1.165) is 31.4 Å². The zero-order chi connectivity index (χ0) is 10.2. The molecule has 80 valence electrons. The van der Waals surface area contributed by atoms with E-state index in [0.29, 0.717) is 6.61 Å². The van der Waals surface area contributed by atoms with E-state index >= 15 is 0 Å². The molecule has 3 nitrogen and oxygen atoms in total. The van der Waals surface area contributed by atoms with E-state index in [-0.39, 0.29) is 0 Å². The van der Waals surface area contributed by atoms with Crippen molar-refractivity contribution in [2.45, 2.75) is 25.7 Å². The van der Waals surface area contributed by atoms with Crippen LogP contribution in [0, 0.1) is 0 Å². The fraction of sp³-hybridized carbons (Fsp3) is 1.00. The van der Waals surface area contributed by atoms with Gasteiger partial charge < -0.3 is 13.9 Å². The molecule has 0 fully saturated rings. The molecule has 0 aromatic carbocycles. The summed E-state index contributed by atoms with van der Waals surface area (Å²) >= 11 is 8.76. The van der Waals surface area contributed by atoms with Crippen molar-refractivity contribution in [1.82, 2.24) is 0 Å². The maximum absolute atomic E-state index is 9.20. The molecule has 0 saturated carbocycles. The molecule has 1 unspecified atom stereocenters. The molecule has 0 saturated heterocycles. The Bertz CT molecular complexity index is 166. The normalized spacial score (nSPS) is 15.6. The second-order valence-corrected chi connectivity index (χ2v) is 6.01. The lowest BCUT2D eigenvalue weighted by Gasteiger charge is -2.12. The van der Waals surface area contributed by atoms with Crippen molar-refractivity contribution in [3.05, 3.63) is 0 Å². The first-order valence-electron chi connectivity index (χ1n) is 4.26. The van der Waals surface area contributed by atoms with Gasteiger partial charge in [-0.15, -0.1) is 0 Å². The van der Waals surface area contributed by atoms with Gasteiger partial charge in [-0.3, -0.25) is 0 Å². The molecule has 0 heterocycles. The molecule has 1 atom stereocenters. The monoisotopic (exact) mass is 244 g/mol. The Morgan fingerprint density at radius 2 is 1.92 bits per heavy atom. The standard InChI is InChI=1S/C7H17O3PS2/c1-9-11(8,13)10-6-4-2-3-5-7-12/h12H,2-7H2,1H3,(H,8,13). The van der Waals surface area contributed by atoms with Gasteiger partial charge in [-0.1, -0.05) is 12.8 Å². The molecule has 0 bridgehead atoms. The van der Waals surface area contributed by atoms with Crippen LogP contribution in [0.2, 0.25) is 0 Å². The third-order valence-electron chi connectivity index (χ3n) is 1.54. The number of thiol groups is 1. The summed E-state index contributed by atoms with van der Waals surface area (Å²) in [7, 11) is 1.36. The van der Waals surface area contributed by atoms with Crippen LogP contribution in [0.15, 0.2) is 0 Å². The van der Waals surface area contributed by atoms with Crippen LogP contribution < -0.4 is 0 Å². The van der Waals surface area contributed by atoms with Gasteiger partial charge >= 0.3 is 6.72 Å². The molecule has 13 heavy (non-hydrogen) atoms. The summed E-state index contributed by atoms with van der Waals surface area (Å²) in [6.07, 6.45) is 4.27. The molecular weight excluding hydrogens is 227 g/mol. The number of hydrogen-bond acceptors (Lipinski definition) is 4. The Morgan fingerprint density at radius 1 is 1.31 bits per heavy atom. The predicted octanol–water partition coefficient (Wildman–Crippen LogP) is 2.36. The fourth-order valence-electron chi connectivity index (χ4n) is 0.800. The summed E-state index contributed by atoms with van der Waals surface area (Å²) in [5.41, 5.74) is 0. The van der Waals surface area contributed by atoms with E-state index in [1.807, 2.05) is 0 Å². The summed E-state index contributed by atoms with van der Waals surface area (Å²) in [5, 5.41) is 0. The Balaban J connectivity index is 3.21. The second kappa shape index (κ2) is 8.21. The van der Waals surface area contributed by atoms with Crippen LogP contribution in [0.1, 0.15) is 25.7 Å². The average molecular weight is 244 g/mol. The Morgan fingerprint density at radius 3 is 2.46 bits per heavy atom. The van der Waals surface area contributed by atoms with Crippen molar-refractivity contribution in [3.8, 4) is 0 Å². The summed E-state index contributed by atoms with van der Waals surface area (Å²) in [6.45, 7) is -2.43. The molecule has 0 aromatic heterocycles. The van der Waals surface area contributed by atoms with Crippen molar-refractivity contribution in [1.29, 1.82) is 0 Å². The summed E-state index contributed by atoms with van der Waals surface area (Å²) < 4.78 is 9.61. The van der Waals surface area contributed by atoms with Gasteiger partial charge in [0.05, 0.1) is 6.61 Å². The smallest absolute Gasteiger partial charge is 0.324 e. The third-order valence-corrected chi connectivity index (χ3v) is 3.59. The molecule has 0 aliphatic carbocycles. The highest BCUT2D eigenvalue weighted by molar-refractivity contribution is 8.07. The quantitative estimate of drug-likeness (QED) is 0.390. The van der Waals surface area contributed by atoms with Crippen LogP contribution in [0.4, 0.5) is 0 Å². The van der Waals surface area contributed by atoms with Crippen LogP contribution >= 0.6 is 19.3 Å². The minimum atomic E-state index is -2.91. The lowest BCUT2D eigenvalue weighted by atomic mass is 10.2. The number of unbranched alkanes of at least 4 members (excludes halogenated alkanes) is 3. The highest BCUT2D eigenvalue weighted by Crippen LogP contribution is 2.42. The Hall–Kier alpha value is 0.880. The van der Waals surface area contributed by atoms with Gasteiger partial charge in [0.1, 0.15) is 0 Å². The fourth-order valence-corrected chi connectivity index (χ4v) is 1.71. The first-order chi connectivity index (χ1) is 6.12. The molecule has 6 heteroatoms. The zero-order valence-corrected chi connectivity index (χ0v) is 10.4. The highest BCUT2D eigenvalue weighted by Gasteiger charge is 2.10. The summed E-state index contributed by atoms with van der Waals surface area (Å²) in [4.78, 5) is 9.20. The predicted molar refractivity (Wildman–Crippen MR) is 61.8 cm³/mol. The highest BCUT2D eigenvalue weighted by atomic mass is 32.5. The van der Waals surface area contributed by atoms with Crippen LogP contribution in [-0.4, -0.2) is 24.4 Å². The second-order valence-electron chi connectivity index (χ2n) is 2.62. The van der Waals surface area contributed by atoms with Gasteiger partial charge in [-0.2, -0.15) is 12.6 Å². The maximum Gasteiger partial charge on any atom is 0.324 e. The van der Waals surface area contributed by atoms with Crippen LogP contribution in [0.25, 0.3) is 0 Å². The van der Waals surface area contributed by atoms with Gasteiger partial charge in [0.25, 0.3) is 0 Å². The Labute approximate surface area is 90.5 Å². The topological polar surface area (TPSA) is 38.7 Å². The molecule has 1 N–H and O–H groups in total. The Kier molecular flexibility index (Phi) is 8.77. The van der Waals surface area contributed by atoms with Crippen molar-refractivity contribution in [3.63, 3.8) is 0 Å². The largest absolute Gasteiger partial charge is 0.324 e. The zero-order valence-electron chi connectivity index (χ0n) is 7.81. The molecule has 0 spiro atoms.